The summed E-state index contributed by atoms with van der Waals surface area (Å²) in [7, 11) is 0. The van der Waals surface area contributed by atoms with E-state index in [1.165, 1.54) is 0 Å². The molecule has 148 valence electrons. The van der Waals surface area contributed by atoms with E-state index in [4.69, 9.17) is 9.72 Å². The van der Waals surface area contributed by atoms with E-state index in [1.54, 1.807) is 40.9 Å². The van der Waals surface area contributed by atoms with Gasteiger partial charge in [-0.25, -0.2) is 14.3 Å². The van der Waals surface area contributed by atoms with Crippen molar-refractivity contribution in [1.82, 2.24) is 19.9 Å². The maximum atomic E-state index is 12.7. The van der Waals surface area contributed by atoms with E-state index in [0.29, 0.717) is 30.2 Å². The summed E-state index contributed by atoms with van der Waals surface area (Å²) in [5, 5.41) is 16.9. The number of hydrogen-bond acceptors (Lipinski definition) is 6. The third-order valence-electron chi connectivity index (χ3n) is 5.01. The van der Waals surface area contributed by atoms with Crippen molar-refractivity contribution in [3.8, 4) is 17.3 Å². The number of carbonyl (C=O) groups excluding carboxylic acids is 1. The highest BCUT2D eigenvalue weighted by Crippen LogP contribution is 2.27. The lowest BCUT2D eigenvalue weighted by molar-refractivity contribution is 0.155. The zero-order chi connectivity index (χ0) is 20.2. The predicted octanol–water partition coefficient (Wildman–Crippen LogP) is 2.98. The smallest absolute Gasteiger partial charge is 0.415 e. The SMILES string of the molecule is CCOC(=O)N(c1cccc(-c2cnn3ccc(C#N)cc23)n1)C1CCCNC1. The predicted molar refractivity (Wildman–Crippen MR) is 109 cm³/mol. The quantitative estimate of drug-likeness (QED) is 0.736. The molecule has 4 rings (SSSR count). The minimum Gasteiger partial charge on any atom is -0.449 e. The van der Waals surface area contributed by atoms with Crippen molar-refractivity contribution in [3.63, 3.8) is 0 Å². The summed E-state index contributed by atoms with van der Waals surface area (Å²) in [5.74, 6) is 0.547. The average Bonchev–Trinajstić information content (AvgIpc) is 3.18. The van der Waals surface area contributed by atoms with Gasteiger partial charge in [0.15, 0.2) is 0 Å². The van der Waals surface area contributed by atoms with Gasteiger partial charge in [0.2, 0.25) is 0 Å². The number of amides is 1. The van der Waals surface area contributed by atoms with Crippen molar-refractivity contribution in [2.24, 2.45) is 0 Å². The number of piperidine rings is 1. The molecule has 1 amide bonds. The average molecular weight is 390 g/mol. The molecule has 29 heavy (non-hydrogen) atoms. The maximum absolute atomic E-state index is 12.7. The van der Waals surface area contributed by atoms with Crippen molar-refractivity contribution in [2.75, 3.05) is 24.6 Å². The molecule has 3 aromatic rings. The Morgan fingerprint density at radius 2 is 2.34 bits per heavy atom. The third-order valence-corrected chi connectivity index (χ3v) is 5.01. The second kappa shape index (κ2) is 8.29. The van der Waals surface area contributed by atoms with Gasteiger partial charge in [-0.15, -0.1) is 0 Å². The van der Waals surface area contributed by atoms with Gasteiger partial charge in [-0.2, -0.15) is 10.4 Å². The van der Waals surface area contributed by atoms with Gasteiger partial charge < -0.3 is 10.1 Å². The Morgan fingerprint density at radius 1 is 1.45 bits per heavy atom. The van der Waals surface area contributed by atoms with E-state index in [2.05, 4.69) is 16.5 Å². The summed E-state index contributed by atoms with van der Waals surface area (Å²) < 4.78 is 7.02. The third kappa shape index (κ3) is 3.77. The number of rotatable bonds is 4. The van der Waals surface area contributed by atoms with Crippen molar-refractivity contribution in [1.29, 1.82) is 5.26 Å². The standard InChI is InChI=1S/C21H22N6O2/c1-2-29-21(28)27(16-5-4-9-23-13-16)20-7-3-6-18(25-20)17-14-24-26-10-8-15(12-22)11-19(17)26/h3,6-8,10-11,14,16,23H,2,4-5,9,13H2,1H3. The minimum atomic E-state index is -0.391. The normalized spacial score (nSPS) is 16.3. The number of fused-ring (bicyclic) bond motifs is 1. The second-order valence-corrected chi connectivity index (χ2v) is 6.87. The number of anilines is 1. The van der Waals surface area contributed by atoms with Gasteiger partial charge in [-0.05, 0) is 50.6 Å². The molecule has 1 saturated heterocycles. The second-order valence-electron chi connectivity index (χ2n) is 6.87. The summed E-state index contributed by atoms with van der Waals surface area (Å²) >= 11 is 0. The first kappa shape index (κ1) is 18.9. The molecule has 1 N–H and O–H groups in total. The molecule has 1 aliphatic rings. The molecule has 0 saturated carbocycles. The summed E-state index contributed by atoms with van der Waals surface area (Å²) in [6, 6.07) is 11.2. The van der Waals surface area contributed by atoms with E-state index < -0.39 is 6.09 Å². The van der Waals surface area contributed by atoms with Crippen LogP contribution >= 0.6 is 0 Å². The van der Waals surface area contributed by atoms with E-state index in [9.17, 15) is 10.1 Å². The monoisotopic (exact) mass is 390 g/mol. The molecule has 1 fully saturated rings. The highest BCUT2D eigenvalue weighted by Gasteiger charge is 2.29. The van der Waals surface area contributed by atoms with Crippen LogP contribution in [-0.4, -0.2) is 46.4 Å². The van der Waals surface area contributed by atoms with E-state index in [1.807, 2.05) is 18.2 Å². The van der Waals surface area contributed by atoms with E-state index in [0.717, 1.165) is 30.5 Å². The first-order chi connectivity index (χ1) is 14.2. The number of carbonyl (C=O) groups is 1. The van der Waals surface area contributed by atoms with Crippen LogP contribution in [0.5, 0.6) is 0 Å². The van der Waals surface area contributed by atoms with Gasteiger partial charge in [0.05, 0.1) is 41.7 Å². The highest BCUT2D eigenvalue weighted by atomic mass is 16.6. The van der Waals surface area contributed by atoms with Crippen LogP contribution in [0.15, 0.2) is 42.7 Å². The first-order valence-electron chi connectivity index (χ1n) is 9.73. The summed E-state index contributed by atoms with van der Waals surface area (Å²) in [6.45, 7) is 3.75. The Balaban J connectivity index is 1.75. The van der Waals surface area contributed by atoms with Crippen molar-refractivity contribution in [3.05, 3.63) is 48.3 Å². The number of nitrogens with one attached hydrogen (secondary N) is 1. The van der Waals surface area contributed by atoms with Crippen LogP contribution in [0.25, 0.3) is 16.8 Å². The highest BCUT2D eigenvalue weighted by molar-refractivity contribution is 5.88. The lowest BCUT2D eigenvalue weighted by Gasteiger charge is -2.33. The van der Waals surface area contributed by atoms with Crippen LogP contribution in [0.1, 0.15) is 25.3 Å². The van der Waals surface area contributed by atoms with Crippen LogP contribution < -0.4 is 10.2 Å². The minimum absolute atomic E-state index is 0.0142. The van der Waals surface area contributed by atoms with E-state index >= 15 is 0 Å². The number of ether oxygens (including phenoxy) is 1. The Hall–Kier alpha value is -3.44. The van der Waals surface area contributed by atoms with Crippen LogP contribution in [0, 0.1) is 11.3 Å². The lowest BCUT2D eigenvalue weighted by atomic mass is 10.1. The Kier molecular flexibility index (Phi) is 5.40. The Bertz CT molecular complexity index is 1060. The molecule has 1 unspecified atom stereocenters. The molecule has 8 nitrogen and oxygen atoms in total. The molecule has 0 aromatic carbocycles. The maximum Gasteiger partial charge on any atom is 0.415 e. The van der Waals surface area contributed by atoms with Gasteiger partial charge in [0.1, 0.15) is 5.82 Å². The van der Waals surface area contributed by atoms with Crippen LogP contribution in [0.4, 0.5) is 10.6 Å². The largest absolute Gasteiger partial charge is 0.449 e. The van der Waals surface area contributed by atoms with Crippen molar-refractivity contribution < 1.29 is 9.53 Å². The van der Waals surface area contributed by atoms with Gasteiger partial charge in [-0.3, -0.25) is 4.90 Å². The molecule has 1 aliphatic heterocycles. The topological polar surface area (TPSA) is 95.5 Å². The molecule has 0 spiro atoms. The fraction of sp³-hybridized carbons (Fsp3) is 0.333. The summed E-state index contributed by atoms with van der Waals surface area (Å²) in [4.78, 5) is 19.1. The summed E-state index contributed by atoms with van der Waals surface area (Å²) in [5.41, 5.74) is 2.83. The number of nitriles is 1. The molecular weight excluding hydrogens is 368 g/mol. The van der Waals surface area contributed by atoms with Crippen LogP contribution in [-0.2, 0) is 4.74 Å². The molecule has 0 radical (unpaired) electrons. The molecule has 3 aromatic heterocycles. The molecule has 8 heteroatoms. The Morgan fingerprint density at radius 3 is 3.10 bits per heavy atom. The van der Waals surface area contributed by atoms with Crippen LogP contribution in [0.2, 0.25) is 0 Å². The lowest BCUT2D eigenvalue weighted by Crippen LogP contribution is -2.49. The van der Waals surface area contributed by atoms with Gasteiger partial charge >= 0.3 is 6.09 Å². The number of hydrogen-bond donors (Lipinski definition) is 1. The fourth-order valence-electron chi connectivity index (χ4n) is 3.63. The Labute approximate surface area is 168 Å². The zero-order valence-electron chi connectivity index (χ0n) is 16.2. The van der Waals surface area contributed by atoms with Gasteiger partial charge in [0.25, 0.3) is 0 Å². The molecule has 0 aliphatic carbocycles. The number of pyridine rings is 2. The van der Waals surface area contributed by atoms with Crippen molar-refractivity contribution in [2.45, 2.75) is 25.8 Å². The number of aromatic nitrogens is 3. The molecule has 1 atom stereocenters. The fourth-order valence-corrected chi connectivity index (χ4v) is 3.63. The van der Waals surface area contributed by atoms with E-state index in [-0.39, 0.29) is 6.04 Å². The van der Waals surface area contributed by atoms with Crippen LogP contribution in [0.3, 0.4) is 0 Å². The summed E-state index contributed by atoms with van der Waals surface area (Å²) in [6.07, 6.45) is 4.96. The first-order valence-corrected chi connectivity index (χ1v) is 9.73. The molecule has 4 heterocycles. The van der Waals surface area contributed by atoms with Gasteiger partial charge in [-0.1, -0.05) is 6.07 Å². The molecular formula is C21H22N6O2. The van der Waals surface area contributed by atoms with Gasteiger partial charge in [0, 0.05) is 18.3 Å². The molecule has 0 bridgehead atoms. The zero-order valence-corrected chi connectivity index (χ0v) is 16.2. The van der Waals surface area contributed by atoms with Crippen molar-refractivity contribution >= 4 is 17.4 Å². The number of nitrogens with zero attached hydrogens (tertiary/aromatic N) is 5.